The Labute approximate surface area is 81.0 Å². The van der Waals surface area contributed by atoms with E-state index in [4.69, 9.17) is 0 Å². The molecule has 0 saturated carbocycles. The van der Waals surface area contributed by atoms with Crippen molar-refractivity contribution in [1.82, 2.24) is 4.98 Å². The van der Waals surface area contributed by atoms with Gasteiger partial charge in [0.05, 0.1) is 0 Å². The number of nitrogens with zero attached hydrogens (tertiary/aromatic N) is 1. The van der Waals surface area contributed by atoms with Crippen molar-refractivity contribution in [3.8, 4) is 0 Å². The Morgan fingerprint density at radius 1 is 1.29 bits per heavy atom. The van der Waals surface area contributed by atoms with Gasteiger partial charge in [-0.3, -0.25) is 4.98 Å². The molecule has 0 spiro atoms. The van der Waals surface area contributed by atoms with Crippen LogP contribution in [0.4, 0.5) is 13.2 Å². The second kappa shape index (κ2) is 3.59. The quantitative estimate of drug-likeness (QED) is 0.682. The van der Waals surface area contributed by atoms with Gasteiger partial charge in [0.1, 0.15) is 5.69 Å². The third kappa shape index (κ3) is 1.89. The molecule has 0 aliphatic rings. The van der Waals surface area contributed by atoms with Crippen molar-refractivity contribution in [3.63, 3.8) is 0 Å². The zero-order valence-corrected chi connectivity index (χ0v) is 8.37. The summed E-state index contributed by atoms with van der Waals surface area (Å²) < 4.78 is 37.5. The summed E-state index contributed by atoms with van der Waals surface area (Å²) in [6, 6.07) is 0. The van der Waals surface area contributed by atoms with Crippen LogP contribution in [0.5, 0.6) is 0 Å². The minimum absolute atomic E-state index is 0.303. The Kier molecular flexibility index (Phi) is 2.83. The molecule has 1 rings (SSSR count). The lowest BCUT2D eigenvalue weighted by atomic mass is 10.0. The molecule has 1 heterocycles. The molecule has 0 radical (unpaired) electrons. The van der Waals surface area contributed by atoms with Crippen LogP contribution in [-0.4, -0.2) is 4.98 Å². The first-order valence-corrected chi connectivity index (χ1v) is 4.40. The topological polar surface area (TPSA) is 12.9 Å². The highest BCUT2D eigenvalue weighted by atomic mass is 19.4. The maximum absolute atomic E-state index is 12.5. The van der Waals surface area contributed by atoms with Crippen LogP contribution in [0.3, 0.4) is 0 Å². The Balaban J connectivity index is 3.39. The third-order valence-corrected chi connectivity index (χ3v) is 2.34. The number of aryl methyl sites for hydroxylation is 1. The summed E-state index contributed by atoms with van der Waals surface area (Å²) in [5.41, 5.74) is 1.05. The van der Waals surface area contributed by atoms with Crippen molar-refractivity contribution >= 4 is 0 Å². The minimum Gasteiger partial charge on any atom is -0.251 e. The van der Waals surface area contributed by atoms with E-state index >= 15 is 0 Å². The first kappa shape index (κ1) is 11.0. The molecule has 0 aliphatic heterocycles. The lowest BCUT2D eigenvalue weighted by Gasteiger charge is -2.14. The highest BCUT2D eigenvalue weighted by molar-refractivity contribution is 5.36. The average Bonchev–Trinajstić information content (AvgIpc) is 2.07. The number of rotatable bonds is 1. The van der Waals surface area contributed by atoms with E-state index in [-0.39, 0.29) is 0 Å². The second-order valence-corrected chi connectivity index (χ2v) is 3.24. The first-order chi connectivity index (χ1) is 6.38. The summed E-state index contributed by atoms with van der Waals surface area (Å²) in [6.45, 7) is 5.17. The zero-order chi connectivity index (χ0) is 10.9. The molecule has 0 unspecified atom stereocenters. The molecule has 0 amide bonds. The van der Waals surface area contributed by atoms with Crippen LogP contribution in [0.25, 0.3) is 0 Å². The minimum atomic E-state index is -4.34. The summed E-state index contributed by atoms with van der Waals surface area (Å²) in [5, 5.41) is 0. The number of alkyl halides is 3. The molecule has 1 aromatic rings. The highest BCUT2D eigenvalue weighted by Gasteiger charge is 2.35. The van der Waals surface area contributed by atoms with E-state index in [0.29, 0.717) is 17.5 Å². The van der Waals surface area contributed by atoms with E-state index in [1.165, 1.54) is 6.20 Å². The molecule has 0 fully saturated rings. The molecule has 0 N–H and O–H groups in total. The van der Waals surface area contributed by atoms with Gasteiger partial charge in [-0.15, -0.1) is 0 Å². The number of hydrogen-bond acceptors (Lipinski definition) is 1. The molecule has 78 valence electrons. The maximum Gasteiger partial charge on any atom is 0.433 e. The molecule has 4 heteroatoms. The van der Waals surface area contributed by atoms with Crippen LogP contribution < -0.4 is 0 Å². The van der Waals surface area contributed by atoms with Gasteiger partial charge in [0, 0.05) is 6.20 Å². The average molecular weight is 203 g/mol. The van der Waals surface area contributed by atoms with Crippen LogP contribution in [0, 0.1) is 13.8 Å². The van der Waals surface area contributed by atoms with E-state index in [0.717, 1.165) is 5.56 Å². The van der Waals surface area contributed by atoms with E-state index in [1.807, 2.05) is 0 Å². The molecular weight excluding hydrogens is 191 g/mol. The molecule has 0 bridgehead atoms. The Hall–Kier alpha value is -1.06. The standard InChI is InChI=1S/C10H12F3N/c1-4-8-7(3)6(2)5-14-9(8)10(11,12)13/h5H,4H2,1-3H3. The summed E-state index contributed by atoms with van der Waals surface area (Å²) >= 11 is 0. The molecule has 14 heavy (non-hydrogen) atoms. The summed E-state index contributed by atoms with van der Waals surface area (Å²) in [7, 11) is 0. The summed E-state index contributed by atoms with van der Waals surface area (Å²) in [5.74, 6) is 0. The van der Waals surface area contributed by atoms with Gasteiger partial charge in [-0.2, -0.15) is 13.2 Å². The van der Waals surface area contributed by atoms with Crippen LogP contribution in [0.2, 0.25) is 0 Å². The molecule has 0 aliphatic carbocycles. The van der Waals surface area contributed by atoms with Gasteiger partial charge >= 0.3 is 6.18 Å². The van der Waals surface area contributed by atoms with Crippen molar-refractivity contribution in [3.05, 3.63) is 28.6 Å². The summed E-state index contributed by atoms with van der Waals surface area (Å²) in [4.78, 5) is 3.46. The largest absolute Gasteiger partial charge is 0.433 e. The molecule has 0 aromatic carbocycles. The lowest BCUT2D eigenvalue weighted by molar-refractivity contribution is -0.141. The predicted octanol–water partition coefficient (Wildman–Crippen LogP) is 3.28. The maximum atomic E-state index is 12.5. The van der Waals surface area contributed by atoms with Gasteiger partial charge < -0.3 is 0 Å². The molecular formula is C10H12F3N. The fraction of sp³-hybridized carbons (Fsp3) is 0.500. The lowest BCUT2D eigenvalue weighted by Crippen LogP contribution is -2.13. The fourth-order valence-electron chi connectivity index (χ4n) is 1.43. The van der Waals surface area contributed by atoms with Crippen molar-refractivity contribution in [1.29, 1.82) is 0 Å². The normalized spacial score (nSPS) is 11.9. The van der Waals surface area contributed by atoms with Crippen LogP contribution in [0.1, 0.15) is 29.3 Å². The number of hydrogen-bond donors (Lipinski definition) is 0. The molecule has 0 saturated heterocycles. The smallest absolute Gasteiger partial charge is 0.251 e. The van der Waals surface area contributed by atoms with Gasteiger partial charge in [-0.25, -0.2) is 0 Å². The van der Waals surface area contributed by atoms with E-state index in [2.05, 4.69) is 4.98 Å². The van der Waals surface area contributed by atoms with Gasteiger partial charge in [0.15, 0.2) is 0 Å². The zero-order valence-electron chi connectivity index (χ0n) is 8.37. The fourth-order valence-corrected chi connectivity index (χ4v) is 1.43. The number of aromatic nitrogens is 1. The van der Waals surface area contributed by atoms with Crippen LogP contribution in [0.15, 0.2) is 6.20 Å². The monoisotopic (exact) mass is 203 g/mol. The third-order valence-electron chi connectivity index (χ3n) is 2.34. The molecule has 1 nitrogen and oxygen atoms in total. The van der Waals surface area contributed by atoms with Gasteiger partial charge in [0.2, 0.25) is 0 Å². The summed E-state index contributed by atoms with van der Waals surface area (Å²) in [6.07, 6.45) is -2.71. The first-order valence-electron chi connectivity index (χ1n) is 4.40. The van der Waals surface area contributed by atoms with E-state index in [9.17, 15) is 13.2 Å². The van der Waals surface area contributed by atoms with Gasteiger partial charge in [-0.1, -0.05) is 6.92 Å². The molecule has 0 atom stereocenters. The van der Waals surface area contributed by atoms with Crippen molar-refractivity contribution in [2.75, 3.05) is 0 Å². The van der Waals surface area contributed by atoms with E-state index < -0.39 is 11.9 Å². The van der Waals surface area contributed by atoms with E-state index in [1.54, 1.807) is 20.8 Å². The SMILES string of the molecule is CCc1c(C(F)(F)F)ncc(C)c1C. The van der Waals surface area contributed by atoms with Crippen LogP contribution in [-0.2, 0) is 12.6 Å². The number of halogens is 3. The van der Waals surface area contributed by atoms with Crippen molar-refractivity contribution in [2.45, 2.75) is 33.4 Å². The second-order valence-electron chi connectivity index (χ2n) is 3.24. The van der Waals surface area contributed by atoms with Gasteiger partial charge in [-0.05, 0) is 37.0 Å². The number of pyridine rings is 1. The van der Waals surface area contributed by atoms with Crippen molar-refractivity contribution in [2.24, 2.45) is 0 Å². The van der Waals surface area contributed by atoms with Crippen molar-refractivity contribution < 1.29 is 13.2 Å². The predicted molar refractivity (Wildman–Crippen MR) is 48.1 cm³/mol. The highest BCUT2D eigenvalue weighted by Crippen LogP contribution is 2.32. The Bertz CT molecular complexity index is 342. The Morgan fingerprint density at radius 3 is 2.29 bits per heavy atom. The molecule has 1 aromatic heterocycles. The van der Waals surface area contributed by atoms with Crippen LogP contribution >= 0.6 is 0 Å². The van der Waals surface area contributed by atoms with Gasteiger partial charge in [0.25, 0.3) is 0 Å². The Morgan fingerprint density at radius 2 is 1.86 bits per heavy atom.